The molecule has 0 N–H and O–H groups in total. The molecule has 1 aliphatic carbocycles. The molecular weight excluding hydrogens is 312 g/mol. The summed E-state index contributed by atoms with van der Waals surface area (Å²) in [5, 5.41) is 12.1. The van der Waals surface area contributed by atoms with E-state index < -0.39 is 0 Å². The van der Waals surface area contributed by atoms with E-state index in [1.165, 1.54) is 11.3 Å². The molecule has 0 radical (unpaired) electrons. The molecule has 0 amide bonds. The van der Waals surface area contributed by atoms with Crippen LogP contribution in [0.15, 0.2) is 42.5 Å². The smallest absolute Gasteiger partial charge is 0.311 e. The van der Waals surface area contributed by atoms with Crippen molar-refractivity contribution >= 4 is 27.2 Å². The standard InChI is InChI=1S/C17H14N2O3S/c20-19(21)14-9-12(7-8-15(14)22-10-11-5-6-11)17-18-13-3-1-2-4-16(13)23-17/h1-4,7-9,11H,5-6,10H2. The number of para-hydroxylation sites is 1. The fourth-order valence-electron chi connectivity index (χ4n) is 2.40. The number of nitro benzene ring substituents is 1. The molecule has 2 aromatic carbocycles. The highest BCUT2D eigenvalue weighted by Gasteiger charge is 2.24. The summed E-state index contributed by atoms with van der Waals surface area (Å²) >= 11 is 1.53. The molecule has 0 atom stereocenters. The van der Waals surface area contributed by atoms with Gasteiger partial charge in [-0.05, 0) is 43.0 Å². The van der Waals surface area contributed by atoms with Gasteiger partial charge in [0, 0.05) is 11.6 Å². The summed E-state index contributed by atoms with van der Waals surface area (Å²) in [5.74, 6) is 0.894. The van der Waals surface area contributed by atoms with Gasteiger partial charge in [0.05, 0.1) is 21.7 Å². The quantitative estimate of drug-likeness (QED) is 0.505. The minimum Gasteiger partial charge on any atom is -0.487 e. The highest BCUT2D eigenvalue weighted by Crippen LogP contribution is 2.37. The molecule has 1 heterocycles. The van der Waals surface area contributed by atoms with Crippen molar-refractivity contribution in [3.8, 4) is 16.3 Å². The Morgan fingerprint density at radius 2 is 2.09 bits per heavy atom. The lowest BCUT2D eigenvalue weighted by Gasteiger charge is -2.06. The Hall–Kier alpha value is -2.47. The summed E-state index contributed by atoms with van der Waals surface area (Å²) < 4.78 is 6.68. The third-order valence-corrected chi connectivity index (χ3v) is 4.95. The van der Waals surface area contributed by atoms with Crippen LogP contribution in [0.1, 0.15) is 12.8 Å². The summed E-state index contributed by atoms with van der Waals surface area (Å²) in [5.41, 5.74) is 1.66. The molecule has 4 rings (SSSR count). The van der Waals surface area contributed by atoms with Gasteiger partial charge in [-0.3, -0.25) is 10.1 Å². The molecule has 0 aliphatic heterocycles. The molecule has 1 aromatic heterocycles. The van der Waals surface area contributed by atoms with Crippen molar-refractivity contribution < 1.29 is 9.66 Å². The van der Waals surface area contributed by atoms with Gasteiger partial charge in [0.25, 0.3) is 0 Å². The number of nitrogens with zero attached hydrogens (tertiary/aromatic N) is 2. The Labute approximate surface area is 136 Å². The van der Waals surface area contributed by atoms with Crippen LogP contribution in [0.25, 0.3) is 20.8 Å². The number of hydrogen-bond acceptors (Lipinski definition) is 5. The molecule has 23 heavy (non-hydrogen) atoms. The van der Waals surface area contributed by atoms with E-state index in [9.17, 15) is 10.1 Å². The second-order valence-corrected chi connectivity index (χ2v) is 6.71. The van der Waals surface area contributed by atoms with Gasteiger partial charge in [-0.1, -0.05) is 12.1 Å². The lowest BCUT2D eigenvalue weighted by atomic mass is 10.2. The van der Waals surface area contributed by atoms with Crippen LogP contribution in [-0.4, -0.2) is 16.5 Å². The van der Waals surface area contributed by atoms with Crippen molar-refractivity contribution in [1.29, 1.82) is 0 Å². The molecular formula is C17H14N2O3S. The molecule has 0 bridgehead atoms. The largest absolute Gasteiger partial charge is 0.487 e. The van der Waals surface area contributed by atoms with Crippen LogP contribution < -0.4 is 4.74 Å². The minimum atomic E-state index is -0.390. The zero-order chi connectivity index (χ0) is 15.8. The predicted molar refractivity (Wildman–Crippen MR) is 89.9 cm³/mol. The van der Waals surface area contributed by atoms with Crippen LogP contribution in [-0.2, 0) is 0 Å². The Morgan fingerprint density at radius 3 is 2.83 bits per heavy atom. The number of aromatic nitrogens is 1. The van der Waals surface area contributed by atoms with Gasteiger partial charge in [0.1, 0.15) is 5.01 Å². The SMILES string of the molecule is O=[N+]([O-])c1cc(-c2nc3ccccc3s2)ccc1OCC1CC1. The molecule has 0 unspecified atom stereocenters. The van der Waals surface area contributed by atoms with Crippen LogP contribution in [0.4, 0.5) is 5.69 Å². The fourth-order valence-corrected chi connectivity index (χ4v) is 3.36. The molecule has 5 nitrogen and oxygen atoms in total. The Bertz CT molecular complexity index is 853. The molecule has 116 valence electrons. The summed E-state index contributed by atoms with van der Waals surface area (Å²) in [6.45, 7) is 0.557. The van der Waals surface area contributed by atoms with E-state index in [4.69, 9.17) is 4.74 Å². The highest BCUT2D eigenvalue weighted by atomic mass is 32.1. The molecule has 3 aromatic rings. The van der Waals surface area contributed by atoms with E-state index in [1.54, 1.807) is 12.1 Å². The van der Waals surface area contributed by atoms with Crippen LogP contribution >= 0.6 is 11.3 Å². The van der Waals surface area contributed by atoms with Gasteiger partial charge in [-0.25, -0.2) is 4.98 Å². The Balaban J connectivity index is 1.70. The first-order chi connectivity index (χ1) is 11.2. The maximum absolute atomic E-state index is 11.3. The number of hydrogen-bond donors (Lipinski definition) is 0. The van der Waals surface area contributed by atoms with E-state index in [0.717, 1.165) is 33.6 Å². The Kier molecular flexibility index (Phi) is 3.46. The van der Waals surface area contributed by atoms with Gasteiger partial charge in [0.15, 0.2) is 5.75 Å². The van der Waals surface area contributed by atoms with Gasteiger partial charge >= 0.3 is 5.69 Å². The predicted octanol–water partition coefficient (Wildman–Crippen LogP) is 4.66. The third-order valence-electron chi connectivity index (χ3n) is 3.87. The first-order valence-electron chi connectivity index (χ1n) is 7.48. The van der Waals surface area contributed by atoms with Crippen molar-refractivity contribution in [3.05, 3.63) is 52.6 Å². The summed E-state index contributed by atoms with van der Waals surface area (Å²) in [6.07, 6.45) is 2.30. The van der Waals surface area contributed by atoms with Crippen LogP contribution in [0.3, 0.4) is 0 Å². The molecule has 1 fully saturated rings. The van der Waals surface area contributed by atoms with Crippen molar-refractivity contribution in [1.82, 2.24) is 4.98 Å². The van der Waals surface area contributed by atoms with Gasteiger partial charge in [-0.15, -0.1) is 11.3 Å². The molecule has 6 heteroatoms. The van der Waals surface area contributed by atoms with Crippen molar-refractivity contribution in [2.45, 2.75) is 12.8 Å². The van der Waals surface area contributed by atoms with Crippen molar-refractivity contribution in [3.63, 3.8) is 0 Å². The number of nitro groups is 1. The topological polar surface area (TPSA) is 65.3 Å². The average Bonchev–Trinajstić information content (AvgIpc) is 3.29. The lowest BCUT2D eigenvalue weighted by molar-refractivity contribution is -0.385. The lowest BCUT2D eigenvalue weighted by Crippen LogP contribution is -2.02. The van der Waals surface area contributed by atoms with E-state index in [0.29, 0.717) is 18.3 Å². The number of ether oxygens (including phenoxy) is 1. The van der Waals surface area contributed by atoms with Crippen LogP contribution in [0.2, 0.25) is 0 Å². The third kappa shape index (κ3) is 2.90. The fraction of sp³-hybridized carbons (Fsp3) is 0.235. The second kappa shape index (κ2) is 5.62. The second-order valence-electron chi connectivity index (χ2n) is 5.68. The number of thiazole rings is 1. The highest BCUT2D eigenvalue weighted by molar-refractivity contribution is 7.21. The maximum atomic E-state index is 11.3. The monoisotopic (exact) mass is 326 g/mol. The minimum absolute atomic E-state index is 0.00223. The van der Waals surface area contributed by atoms with Crippen LogP contribution in [0.5, 0.6) is 5.75 Å². The zero-order valence-corrected chi connectivity index (χ0v) is 13.1. The number of rotatable bonds is 5. The molecule has 1 aliphatic rings. The van der Waals surface area contributed by atoms with E-state index in [1.807, 2.05) is 30.3 Å². The normalized spacial score (nSPS) is 14.1. The summed E-state index contributed by atoms with van der Waals surface area (Å²) in [4.78, 5) is 15.5. The Morgan fingerprint density at radius 1 is 1.26 bits per heavy atom. The number of fused-ring (bicyclic) bond motifs is 1. The summed E-state index contributed by atoms with van der Waals surface area (Å²) in [6, 6.07) is 12.9. The average molecular weight is 326 g/mol. The molecule has 0 saturated heterocycles. The molecule has 0 spiro atoms. The zero-order valence-electron chi connectivity index (χ0n) is 12.3. The maximum Gasteiger partial charge on any atom is 0.311 e. The summed E-state index contributed by atoms with van der Waals surface area (Å²) in [7, 11) is 0. The van der Waals surface area contributed by atoms with Gasteiger partial charge in [-0.2, -0.15) is 0 Å². The van der Waals surface area contributed by atoms with E-state index >= 15 is 0 Å². The molecule has 1 saturated carbocycles. The number of benzene rings is 2. The van der Waals surface area contributed by atoms with Crippen LogP contribution in [0, 0.1) is 16.0 Å². The first-order valence-corrected chi connectivity index (χ1v) is 8.29. The first kappa shape index (κ1) is 14.1. The van der Waals surface area contributed by atoms with Gasteiger partial charge in [0.2, 0.25) is 0 Å². The van der Waals surface area contributed by atoms with Crippen molar-refractivity contribution in [2.75, 3.05) is 6.61 Å². The van der Waals surface area contributed by atoms with E-state index in [-0.39, 0.29) is 10.6 Å². The van der Waals surface area contributed by atoms with Gasteiger partial charge < -0.3 is 4.74 Å². The van der Waals surface area contributed by atoms with E-state index in [2.05, 4.69) is 4.98 Å². The van der Waals surface area contributed by atoms with Crippen molar-refractivity contribution in [2.24, 2.45) is 5.92 Å².